The Morgan fingerprint density at radius 3 is 1.27 bits per heavy atom. The second kappa shape index (κ2) is 43.6. The molecule has 0 radical (unpaired) electrons. The molecule has 45 nitrogen and oxygen atoms in total. The van der Waals surface area contributed by atoms with Crippen LogP contribution in [-0.2, 0) is 130 Å². The Balaban J connectivity index is 0.000000176. The molecule has 8 saturated heterocycles. The van der Waals surface area contributed by atoms with Gasteiger partial charge in [0.05, 0.1) is 102 Å². The number of aryl methyl sites for hydroxylation is 2. The second-order valence-corrected chi connectivity index (χ2v) is 36.4. The third-order valence-corrected chi connectivity index (χ3v) is 25.9. The van der Waals surface area contributed by atoms with Crippen LogP contribution in [0.15, 0.2) is 96.0 Å². The zero-order valence-electron chi connectivity index (χ0n) is 70.0. The van der Waals surface area contributed by atoms with E-state index in [-0.39, 0.29) is 121 Å². The van der Waals surface area contributed by atoms with Crippen molar-refractivity contribution >= 4 is 72.7 Å². The molecule has 5 N–H and O–H groups in total. The summed E-state index contributed by atoms with van der Waals surface area (Å²) in [6.45, 7) is 18.4. The minimum Gasteiger partial charge on any atom is -0.466 e. The van der Waals surface area contributed by atoms with Crippen LogP contribution in [0.5, 0.6) is 0 Å². The van der Waals surface area contributed by atoms with E-state index < -0.39 is 187 Å². The van der Waals surface area contributed by atoms with Crippen LogP contribution in [0.3, 0.4) is 0 Å². The average Bonchev–Trinajstić information content (AvgIpc) is 1.59. The minimum absolute atomic E-state index is 0.00247. The van der Waals surface area contributed by atoms with Gasteiger partial charge in [-0.3, -0.25) is 116 Å². The highest BCUT2D eigenvalue weighted by Crippen LogP contribution is 2.62. The van der Waals surface area contributed by atoms with Gasteiger partial charge < -0.3 is 48.9 Å². The number of hydrogen-bond donors (Lipinski definition) is 4. The highest BCUT2D eigenvalue weighted by Gasteiger charge is 2.66. The zero-order chi connectivity index (χ0) is 91.0. The van der Waals surface area contributed by atoms with Crippen LogP contribution in [0, 0.1) is 37.5 Å². The number of aromatic nitrogens is 8. The van der Waals surface area contributed by atoms with Gasteiger partial charge in [-0.05, 0) is 98.4 Å². The van der Waals surface area contributed by atoms with Crippen LogP contribution in [0.25, 0.3) is 0 Å². The second-order valence-electron chi connectivity index (χ2n) is 29.9. The number of alkyl halides is 2. The maximum absolute atomic E-state index is 15.4. The zero-order valence-corrected chi connectivity index (χ0v) is 73.6. The minimum atomic E-state index is -4.42. The molecule has 20 atom stereocenters. The number of phosphoric acid groups is 4. The predicted octanol–water partition coefficient (Wildman–Crippen LogP) is 7.31. The monoisotopic (exact) mass is 1850 g/mol. The number of halogens is 2. The topological polar surface area (TPSA) is 556 Å². The molecule has 125 heavy (non-hydrogen) atoms. The van der Waals surface area contributed by atoms with Gasteiger partial charge in [0.25, 0.3) is 17.0 Å². The smallest absolute Gasteiger partial charge is 0.466 e. The van der Waals surface area contributed by atoms with Gasteiger partial charge in [-0.15, -0.1) is 0 Å². The van der Waals surface area contributed by atoms with Crippen molar-refractivity contribution < 1.29 is 143 Å². The fourth-order valence-electron chi connectivity index (χ4n) is 13.0. The number of benzene rings is 1. The highest BCUT2D eigenvalue weighted by atomic mass is 31.2. The Hall–Kier alpha value is -8.37. The van der Waals surface area contributed by atoms with E-state index in [0.29, 0.717) is 47.1 Å². The fraction of sp³-hybridized carbons (Fsp3) is 0.635. The van der Waals surface area contributed by atoms with Crippen LogP contribution in [-0.4, -0.2) is 202 Å². The summed E-state index contributed by atoms with van der Waals surface area (Å²) >= 11 is 0. The normalized spacial score (nSPS) is 29.0. The maximum Gasteiger partial charge on any atom is 0.475 e. The lowest BCUT2D eigenvalue weighted by Crippen LogP contribution is -2.45. The summed E-state index contributed by atoms with van der Waals surface area (Å²) in [7, 11) is -15.8. The number of nitrogen functional groups attached to an aromatic ring is 1. The number of esters is 4. The highest BCUT2D eigenvalue weighted by molar-refractivity contribution is 7.49. The number of ether oxygens (including phenoxy) is 8. The Bertz CT molecular complexity index is 5040. The lowest BCUT2D eigenvalue weighted by molar-refractivity contribution is -0.152. The summed E-state index contributed by atoms with van der Waals surface area (Å²) in [5.41, 5.74) is 2.75. The van der Waals surface area contributed by atoms with Crippen molar-refractivity contribution in [3.63, 3.8) is 0 Å². The molecule has 51 heteroatoms. The fourth-order valence-corrected chi connectivity index (χ4v) is 18.7. The lowest BCUT2D eigenvalue weighted by Gasteiger charge is -2.31. The average molecular weight is 1850 g/mol. The number of H-pyrrole nitrogens is 2. The number of nitrogens with two attached hydrogens (primary N) is 1. The number of amides is 1. The molecule has 12 heterocycles. The number of nitrogens with one attached hydrogen (secondary N) is 3. The number of anilines is 2. The van der Waals surface area contributed by atoms with Crippen molar-refractivity contribution in [1.29, 1.82) is 0 Å². The first-order chi connectivity index (χ1) is 59.1. The number of rotatable bonds is 30. The first-order valence-electron chi connectivity index (χ1n) is 40.1. The molecular weight excluding hydrogens is 1750 g/mol. The van der Waals surface area contributed by atoms with Crippen molar-refractivity contribution in [2.75, 3.05) is 83.7 Å². The quantitative estimate of drug-likeness (QED) is 0.0199. The largest absolute Gasteiger partial charge is 0.475 e. The van der Waals surface area contributed by atoms with E-state index in [2.05, 4.69) is 25.3 Å². The molecule has 0 spiro atoms. The Kier molecular flexibility index (Phi) is 34.5. The summed E-state index contributed by atoms with van der Waals surface area (Å²) in [6, 6.07) is 10.8. The van der Waals surface area contributed by atoms with Gasteiger partial charge in [0, 0.05) is 60.7 Å². The van der Waals surface area contributed by atoms with Crippen molar-refractivity contribution in [2.45, 2.75) is 207 Å². The number of carbonyl (C=O) groups excluding carboxylic acids is 5. The van der Waals surface area contributed by atoms with Gasteiger partial charge in [-0.25, -0.2) is 37.4 Å². The lowest BCUT2D eigenvalue weighted by atomic mass is 10.1. The molecule has 4 aromatic heterocycles. The standard InChI is InChI=1S/C24H28F2N3O9P.2C17H25N2O9P.C16H24N3O8P/c1-14(2)36-21(31)15(3)10-12-34-39(33)35-13-17-19(38-39)24(25,26)22(37-17)29-11-9-18(28-23(29)32)27-20(30)16-7-5-4-6-8-16;2*1-4-24-16(21)10(2)5-6-25-29(23)26-9-13-12(28-29)7-14(27-13)19-8-11(3)15(20)18-17(19)22;1-3-23-15(20)10(2)5-7-24-28(22)25-9-12-11(27-28)8-14(26-12)19-6-4-13(17)18-16(19)21/h4-9,11,14-15,17,19,22H,10,12-13H2,1-3H3,(H,27,28,30,32);2*8,10,12-14H,4-7,9H2,1-3H3,(H,18,20,22);4,6,10-12,14H,3,5,7-9H2,1-2H3,(H2,17,18,21)/t15-,17-,19-,22-,39?;10-,12+,13-,14-,29+;10-,12+,13-,14-,29-;10?,11-,12+,14+,28?/m1001/s1. The summed E-state index contributed by atoms with van der Waals surface area (Å²) in [5.74, 6) is -7.75. The third kappa shape index (κ3) is 26.2. The van der Waals surface area contributed by atoms with Crippen molar-refractivity contribution in [3.8, 4) is 0 Å². The molecule has 0 saturated carbocycles. The van der Waals surface area contributed by atoms with E-state index >= 15 is 8.78 Å². The van der Waals surface area contributed by atoms with E-state index in [0.717, 1.165) is 6.20 Å². The van der Waals surface area contributed by atoms with Gasteiger partial charge >= 0.3 is 83.8 Å². The van der Waals surface area contributed by atoms with Crippen LogP contribution in [0.4, 0.5) is 20.4 Å². The van der Waals surface area contributed by atoms with Crippen molar-refractivity contribution in [2.24, 2.45) is 23.7 Å². The molecular formula is C74H102F2N10O35P4. The third-order valence-electron chi connectivity index (χ3n) is 20.0. The van der Waals surface area contributed by atoms with Crippen LogP contribution in [0.2, 0.25) is 0 Å². The van der Waals surface area contributed by atoms with E-state index in [9.17, 15) is 71.0 Å². The maximum atomic E-state index is 15.4. The number of aromatic amines is 2. The number of carbonyl (C=O) groups is 5. The number of hydrogen-bond acceptors (Lipinski definition) is 38. The molecule has 8 aliphatic rings. The molecule has 8 aliphatic heterocycles. The summed E-state index contributed by atoms with van der Waals surface area (Å²) in [4.78, 5) is 143. The summed E-state index contributed by atoms with van der Waals surface area (Å²) < 4.78 is 192. The first-order valence-corrected chi connectivity index (χ1v) is 45.9. The van der Waals surface area contributed by atoms with E-state index in [4.69, 9.17) is 97.9 Å². The molecule has 0 bridgehead atoms. The van der Waals surface area contributed by atoms with Crippen LogP contribution in [0.1, 0.15) is 154 Å². The SMILES string of the molecule is CC(C)OC(=O)[C@H](C)CCOP1(=O)OC[C@H]2O[C@@H](n3ccc(NC(=O)c4ccccc4)nc3=O)C(F)(F)[C@@H]2O1.CCOC(=O)C(C)CCOP1(=O)OC[C@@H]2O[C@H](n3ccc(N)nc3=O)C[C@H]2O1.CCOC(=O)[C@@H](C)CCO[P@@]1(=O)OC[C@@H]2O[C@H](n3cc(C)c(=O)[nH]c3=O)C[C@H]2O1.CCOC(=O)[C@@H](C)CCO[P@]1(=O)OC[C@@H]2O[C@H](n3cc(C)c(=O)[nH]c3=O)C[C@H]2O1. The molecule has 5 aromatic rings. The van der Waals surface area contributed by atoms with Gasteiger partial charge in [-0.1, -0.05) is 45.9 Å². The van der Waals surface area contributed by atoms with E-state index in [1.54, 1.807) is 106 Å². The van der Waals surface area contributed by atoms with Gasteiger partial charge in [-0.2, -0.15) is 18.7 Å². The molecule has 8 fully saturated rings. The summed E-state index contributed by atoms with van der Waals surface area (Å²) in [5, 5.41) is 2.42. The van der Waals surface area contributed by atoms with Crippen molar-refractivity contribution in [1.82, 2.24) is 38.2 Å². The Morgan fingerprint density at radius 2 is 0.880 bits per heavy atom. The Labute approximate surface area is 712 Å². The molecule has 692 valence electrons. The van der Waals surface area contributed by atoms with Gasteiger partial charge in [0.1, 0.15) is 73.0 Å². The molecule has 1 amide bonds. The predicted molar refractivity (Wildman–Crippen MR) is 426 cm³/mol. The van der Waals surface area contributed by atoms with Gasteiger partial charge in [0.2, 0.25) is 6.23 Å². The summed E-state index contributed by atoms with van der Waals surface area (Å²) in [6.07, 6.45) is -4.08. The van der Waals surface area contributed by atoms with Gasteiger partial charge in [0.15, 0.2) is 6.10 Å². The Morgan fingerprint density at radius 1 is 0.504 bits per heavy atom. The molecule has 3 unspecified atom stereocenters. The van der Waals surface area contributed by atoms with Crippen LogP contribution < -0.4 is 44.9 Å². The van der Waals surface area contributed by atoms with Crippen LogP contribution >= 0.6 is 31.3 Å². The molecule has 13 rings (SSSR count). The van der Waals surface area contributed by atoms with Crippen molar-refractivity contribution in [3.05, 3.63) is 147 Å². The van der Waals surface area contributed by atoms with E-state index in [1.807, 2.05) is 0 Å². The number of phosphoric ester groups is 4. The number of fused-ring (bicyclic) bond motifs is 4. The van der Waals surface area contributed by atoms with E-state index in [1.165, 1.54) is 44.4 Å². The number of nitrogens with zero attached hydrogens (tertiary/aromatic N) is 6. The molecule has 1 aromatic carbocycles. The molecule has 0 aliphatic carbocycles. The first kappa shape index (κ1) is 98.8.